The van der Waals surface area contributed by atoms with Crippen molar-refractivity contribution in [2.45, 2.75) is 68.7 Å². The van der Waals surface area contributed by atoms with Gasteiger partial charge in [-0.05, 0) is 25.7 Å². The Hall–Kier alpha value is 0.240. The Labute approximate surface area is 118 Å². The van der Waals surface area contributed by atoms with Crippen LogP contribution in [-0.2, 0) is 0 Å². The molecule has 0 radical (unpaired) electrons. The Morgan fingerprint density at radius 1 is 1.00 bits per heavy atom. The summed E-state index contributed by atoms with van der Waals surface area (Å²) in [7, 11) is 0. The molecule has 0 aromatic carbocycles. The van der Waals surface area contributed by atoms with Crippen molar-refractivity contribution in [1.82, 2.24) is 5.43 Å². The van der Waals surface area contributed by atoms with E-state index in [4.69, 9.17) is 11.6 Å². The molecule has 0 amide bonds. The zero-order valence-corrected chi connectivity index (χ0v) is 12.6. The largest absolute Gasteiger partial charge is 0.305 e. The van der Waals surface area contributed by atoms with Gasteiger partial charge in [-0.15, -0.1) is 0 Å². The Balaban J connectivity index is 1.81. The molecule has 2 nitrogen and oxygen atoms in total. The molecule has 0 aromatic heterocycles. The second-order valence-corrected chi connectivity index (χ2v) is 6.87. The molecular weight excluding hydrogens is 300 g/mol. The summed E-state index contributed by atoms with van der Waals surface area (Å²) in [5.74, 6) is 0.510. The molecule has 1 N–H and O–H groups in total. The van der Waals surface area contributed by atoms with E-state index < -0.39 is 0 Å². The van der Waals surface area contributed by atoms with E-state index in [0.717, 1.165) is 5.17 Å². The third-order valence-corrected chi connectivity index (χ3v) is 5.45. The van der Waals surface area contributed by atoms with Gasteiger partial charge < -0.3 is 5.43 Å². The van der Waals surface area contributed by atoms with Gasteiger partial charge in [0.1, 0.15) is 5.17 Å². The van der Waals surface area contributed by atoms with E-state index in [1.165, 1.54) is 57.8 Å². The van der Waals surface area contributed by atoms with Gasteiger partial charge in [-0.25, -0.2) is 0 Å². The third-order valence-electron chi connectivity index (χ3n) is 3.96. The number of nitrogens with one attached hydrogen (secondary N) is 1. The lowest BCUT2D eigenvalue weighted by Crippen LogP contribution is -2.36. The summed E-state index contributed by atoms with van der Waals surface area (Å²) in [5, 5.41) is 5.22. The van der Waals surface area contributed by atoms with Gasteiger partial charge in [0.15, 0.2) is 0 Å². The van der Waals surface area contributed by atoms with Crippen molar-refractivity contribution in [3.05, 3.63) is 0 Å². The number of rotatable bonds is 3. The first kappa shape index (κ1) is 13.7. The average molecular weight is 322 g/mol. The van der Waals surface area contributed by atoms with Crippen molar-refractivity contribution < 1.29 is 0 Å². The smallest absolute Gasteiger partial charge is 0.129 e. The van der Waals surface area contributed by atoms with Crippen LogP contribution in [0.4, 0.5) is 0 Å². The molecule has 0 spiro atoms. The highest BCUT2D eigenvalue weighted by molar-refractivity contribution is 9.09. The SMILES string of the molecule is Cl/C(=N\NC1CCCCC1Br)C1CCCCC1. The molecule has 2 fully saturated rings. The van der Waals surface area contributed by atoms with Crippen LogP contribution in [0, 0.1) is 5.92 Å². The minimum absolute atomic E-state index is 0.459. The maximum Gasteiger partial charge on any atom is 0.129 e. The van der Waals surface area contributed by atoms with Gasteiger partial charge in [0.2, 0.25) is 0 Å². The van der Waals surface area contributed by atoms with Crippen molar-refractivity contribution in [1.29, 1.82) is 0 Å². The van der Waals surface area contributed by atoms with E-state index in [9.17, 15) is 0 Å². The van der Waals surface area contributed by atoms with Gasteiger partial charge in [0.25, 0.3) is 0 Å². The van der Waals surface area contributed by atoms with E-state index in [-0.39, 0.29) is 0 Å². The standard InChI is InChI=1S/C13H22BrClN2/c14-11-8-4-5-9-12(11)16-17-13(15)10-6-2-1-3-7-10/h10-12,16H,1-9H2/b17-13-. The van der Waals surface area contributed by atoms with Crippen LogP contribution in [0.2, 0.25) is 0 Å². The van der Waals surface area contributed by atoms with Crippen LogP contribution in [0.3, 0.4) is 0 Å². The molecular formula is C13H22BrClN2. The van der Waals surface area contributed by atoms with Gasteiger partial charge in [-0.1, -0.05) is 59.6 Å². The summed E-state index contributed by atoms with van der Waals surface area (Å²) in [5.41, 5.74) is 3.28. The van der Waals surface area contributed by atoms with Crippen molar-refractivity contribution in [2.24, 2.45) is 11.0 Å². The second kappa shape index (κ2) is 6.98. The van der Waals surface area contributed by atoms with Gasteiger partial charge in [0, 0.05) is 10.7 Å². The first-order valence-electron chi connectivity index (χ1n) is 6.90. The number of hydrazone groups is 1. The van der Waals surface area contributed by atoms with Gasteiger partial charge in [0.05, 0.1) is 6.04 Å². The summed E-state index contributed by atoms with van der Waals surface area (Å²) in [6.45, 7) is 0. The first-order chi connectivity index (χ1) is 8.27. The molecule has 98 valence electrons. The molecule has 0 aromatic rings. The highest BCUT2D eigenvalue weighted by atomic mass is 79.9. The lowest BCUT2D eigenvalue weighted by molar-refractivity contribution is 0.391. The van der Waals surface area contributed by atoms with Crippen LogP contribution in [0.15, 0.2) is 5.10 Å². The normalized spacial score (nSPS) is 32.5. The Morgan fingerprint density at radius 3 is 2.35 bits per heavy atom. The van der Waals surface area contributed by atoms with Gasteiger partial charge >= 0.3 is 0 Å². The fourth-order valence-corrected chi connectivity index (χ4v) is 3.78. The number of hydrogen-bond donors (Lipinski definition) is 1. The molecule has 2 aliphatic rings. The fraction of sp³-hybridized carbons (Fsp3) is 0.923. The fourth-order valence-electron chi connectivity index (χ4n) is 2.81. The predicted octanol–water partition coefficient (Wildman–Crippen LogP) is 4.41. The monoisotopic (exact) mass is 320 g/mol. The van der Waals surface area contributed by atoms with Gasteiger partial charge in [-0.3, -0.25) is 0 Å². The molecule has 2 aliphatic carbocycles. The average Bonchev–Trinajstić information content (AvgIpc) is 2.38. The highest BCUT2D eigenvalue weighted by Gasteiger charge is 2.23. The maximum absolute atomic E-state index is 6.30. The minimum Gasteiger partial charge on any atom is -0.305 e. The second-order valence-electron chi connectivity index (χ2n) is 5.31. The van der Waals surface area contributed by atoms with E-state index in [0.29, 0.717) is 16.8 Å². The first-order valence-corrected chi connectivity index (χ1v) is 8.19. The van der Waals surface area contributed by atoms with Crippen molar-refractivity contribution in [3.63, 3.8) is 0 Å². The lowest BCUT2D eigenvalue weighted by Gasteiger charge is -2.27. The molecule has 0 bridgehead atoms. The zero-order chi connectivity index (χ0) is 12.1. The van der Waals surface area contributed by atoms with E-state index >= 15 is 0 Å². The molecule has 2 atom stereocenters. The summed E-state index contributed by atoms with van der Waals surface area (Å²) >= 11 is 10.0. The lowest BCUT2D eigenvalue weighted by atomic mass is 9.90. The van der Waals surface area contributed by atoms with Crippen LogP contribution in [0.1, 0.15) is 57.8 Å². The molecule has 2 unspecified atom stereocenters. The number of nitrogens with zero attached hydrogens (tertiary/aromatic N) is 1. The summed E-state index contributed by atoms with van der Waals surface area (Å²) in [6, 6.07) is 0.459. The number of hydrogen-bond acceptors (Lipinski definition) is 2. The van der Waals surface area contributed by atoms with E-state index in [1.54, 1.807) is 0 Å². The predicted molar refractivity (Wildman–Crippen MR) is 78.0 cm³/mol. The topological polar surface area (TPSA) is 24.4 Å². The molecule has 17 heavy (non-hydrogen) atoms. The summed E-state index contributed by atoms with van der Waals surface area (Å²) < 4.78 is 0. The van der Waals surface area contributed by atoms with E-state index in [1.807, 2.05) is 0 Å². The Kier molecular flexibility index (Phi) is 5.61. The summed E-state index contributed by atoms with van der Waals surface area (Å²) in [4.78, 5) is 0.552. The van der Waals surface area contributed by atoms with E-state index in [2.05, 4.69) is 26.5 Å². The molecule has 4 heteroatoms. The molecule has 0 saturated heterocycles. The van der Waals surface area contributed by atoms with Crippen molar-refractivity contribution in [2.75, 3.05) is 0 Å². The van der Waals surface area contributed by atoms with Crippen molar-refractivity contribution in [3.8, 4) is 0 Å². The quantitative estimate of drug-likeness (QED) is 0.464. The van der Waals surface area contributed by atoms with Crippen LogP contribution >= 0.6 is 27.5 Å². The van der Waals surface area contributed by atoms with Crippen LogP contribution in [-0.4, -0.2) is 16.0 Å². The minimum atomic E-state index is 0.459. The Morgan fingerprint density at radius 2 is 1.65 bits per heavy atom. The van der Waals surface area contributed by atoms with Crippen molar-refractivity contribution >= 4 is 32.7 Å². The maximum atomic E-state index is 6.30. The molecule has 2 saturated carbocycles. The van der Waals surface area contributed by atoms with Crippen LogP contribution < -0.4 is 5.43 Å². The number of alkyl halides is 1. The molecule has 2 rings (SSSR count). The zero-order valence-electron chi connectivity index (χ0n) is 10.3. The third kappa shape index (κ3) is 4.13. The molecule has 0 heterocycles. The number of halogens is 2. The Bertz CT molecular complexity index is 264. The molecule has 0 aliphatic heterocycles. The summed E-state index contributed by atoms with van der Waals surface area (Å²) in [6.07, 6.45) is 11.5. The highest BCUT2D eigenvalue weighted by Crippen LogP contribution is 2.27. The van der Waals surface area contributed by atoms with Crippen LogP contribution in [0.5, 0.6) is 0 Å². The van der Waals surface area contributed by atoms with Crippen LogP contribution in [0.25, 0.3) is 0 Å². The van der Waals surface area contributed by atoms with Gasteiger partial charge in [-0.2, -0.15) is 5.10 Å².